The van der Waals surface area contributed by atoms with Crippen LogP contribution in [-0.4, -0.2) is 33.1 Å². The molecule has 0 aliphatic carbocycles. The summed E-state index contributed by atoms with van der Waals surface area (Å²) >= 11 is 0. The predicted molar refractivity (Wildman–Crippen MR) is 76.9 cm³/mol. The zero-order valence-corrected chi connectivity index (χ0v) is 11.1. The van der Waals surface area contributed by atoms with Crippen molar-refractivity contribution in [2.75, 3.05) is 12.4 Å². The van der Waals surface area contributed by atoms with E-state index in [-0.39, 0.29) is 5.69 Å². The van der Waals surface area contributed by atoms with Gasteiger partial charge in [0.2, 0.25) is 11.8 Å². The fraction of sp³-hybridized carbons (Fsp3) is 0.0714. The normalized spacial score (nSPS) is 10.5. The minimum Gasteiger partial charge on any atom is -0.477 e. The van der Waals surface area contributed by atoms with Gasteiger partial charge in [0.25, 0.3) is 0 Å². The van der Waals surface area contributed by atoms with E-state index in [2.05, 4.69) is 20.3 Å². The summed E-state index contributed by atoms with van der Waals surface area (Å²) in [6, 6.07) is 8.53. The maximum absolute atomic E-state index is 11.0. The van der Waals surface area contributed by atoms with Crippen LogP contribution in [0.1, 0.15) is 10.5 Å². The second-order valence-electron chi connectivity index (χ2n) is 4.28. The first-order valence-corrected chi connectivity index (χ1v) is 6.21. The van der Waals surface area contributed by atoms with Crippen molar-refractivity contribution in [3.05, 3.63) is 42.2 Å². The van der Waals surface area contributed by atoms with Gasteiger partial charge in [-0.2, -0.15) is 4.98 Å². The summed E-state index contributed by atoms with van der Waals surface area (Å²) < 4.78 is 5.71. The van der Waals surface area contributed by atoms with E-state index in [1.165, 1.54) is 0 Å². The number of benzene rings is 1. The first-order valence-electron chi connectivity index (χ1n) is 6.21. The summed E-state index contributed by atoms with van der Waals surface area (Å²) in [6.07, 6.45) is 1.58. The second-order valence-corrected chi connectivity index (χ2v) is 4.28. The molecule has 0 aliphatic rings. The highest BCUT2D eigenvalue weighted by atomic mass is 16.5. The number of nitrogens with zero attached hydrogens (tertiary/aromatic N) is 2. The smallest absolute Gasteiger partial charge is 0.352 e. The lowest BCUT2D eigenvalue weighted by atomic mass is 10.2. The molecule has 7 heteroatoms. The number of aromatic carboxylic acids is 1. The highest BCUT2D eigenvalue weighted by molar-refractivity contribution is 5.95. The Labute approximate surface area is 119 Å². The summed E-state index contributed by atoms with van der Waals surface area (Å²) in [4.78, 5) is 22.0. The van der Waals surface area contributed by atoms with Crippen LogP contribution < -0.4 is 10.1 Å². The minimum atomic E-state index is -1.02. The van der Waals surface area contributed by atoms with E-state index in [1.54, 1.807) is 37.5 Å². The van der Waals surface area contributed by atoms with Crippen molar-refractivity contribution in [3.63, 3.8) is 0 Å². The minimum absolute atomic E-state index is 0.111. The Morgan fingerprint density at radius 3 is 3.00 bits per heavy atom. The molecule has 7 nitrogen and oxygen atoms in total. The van der Waals surface area contributed by atoms with Gasteiger partial charge in [-0.25, -0.2) is 9.78 Å². The maximum atomic E-state index is 11.0. The molecule has 0 saturated carbocycles. The lowest BCUT2D eigenvalue weighted by Gasteiger charge is -2.06. The van der Waals surface area contributed by atoms with Crippen molar-refractivity contribution in [3.8, 4) is 11.6 Å². The number of aromatic nitrogens is 3. The van der Waals surface area contributed by atoms with Crippen LogP contribution >= 0.6 is 0 Å². The molecular weight excluding hydrogens is 272 g/mol. The summed E-state index contributed by atoms with van der Waals surface area (Å²) in [5, 5.41) is 12.6. The van der Waals surface area contributed by atoms with Crippen LogP contribution in [0.15, 0.2) is 36.5 Å². The molecule has 0 amide bonds. The number of hydrogen-bond donors (Lipinski definition) is 3. The number of ether oxygens (including phenoxy) is 1. The number of para-hydroxylation sites is 1. The maximum Gasteiger partial charge on any atom is 0.352 e. The topological polar surface area (TPSA) is 100 Å². The van der Waals surface area contributed by atoms with Crippen molar-refractivity contribution < 1.29 is 14.6 Å². The molecule has 0 unspecified atom stereocenters. The molecule has 0 atom stereocenters. The van der Waals surface area contributed by atoms with Crippen LogP contribution in [0.5, 0.6) is 11.6 Å². The summed E-state index contributed by atoms with van der Waals surface area (Å²) in [5.74, 6) is 0.295. The number of nitrogens with one attached hydrogen (secondary N) is 2. The number of carbonyl (C=O) groups is 1. The van der Waals surface area contributed by atoms with Gasteiger partial charge < -0.3 is 20.1 Å². The van der Waals surface area contributed by atoms with Crippen LogP contribution in [-0.2, 0) is 0 Å². The number of carboxylic acids is 1. The highest BCUT2D eigenvalue weighted by Gasteiger charge is 2.11. The fourth-order valence-corrected chi connectivity index (χ4v) is 1.96. The Bertz CT molecular complexity index is 813. The molecule has 0 fully saturated rings. The first-order chi connectivity index (χ1) is 10.2. The molecule has 0 saturated heterocycles. The van der Waals surface area contributed by atoms with Crippen molar-refractivity contribution >= 4 is 22.8 Å². The van der Waals surface area contributed by atoms with Gasteiger partial charge in [-0.3, -0.25) is 0 Å². The van der Waals surface area contributed by atoms with E-state index in [9.17, 15) is 4.79 Å². The summed E-state index contributed by atoms with van der Waals surface area (Å²) in [6.45, 7) is 0. The Kier molecular flexibility index (Phi) is 3.15. The average Bonchev–Trinajstić information content (AvgIpc) is 2.93. The third-order valence-corrected chi connectivity index (χ3v) is 2.92. The standard InChI is InChI=1S/C14H12N4O3/c1-15-14-16-6-5-11(18-14)21-10-4-2-3-8-7-9(13(19)20)17-12(8)10/h2-7,17H,1H3,(H,19,20)(H,15,16,18). The SMILES string of the molecule is CNc1nccc(Oc2cccc3cc(C(=O)O)[nH]c23)n1. The molecule has 2 heterocycles. The molecule has 0 radical (unpaired) electrons. The molecule has 3 rings (SSSR count). The van der Waals surface area contributed by atoms with E-state index in [0.29, 0.717) is 23.1 Å². The Morgan fingerprint density at radius 2 is 2.24 bits per heavy atom. The number of H-pyrrole nitrogens is 1. The zero-order valence-electron chi connectivity index (χ0n) is 11.1. The van der Waals surface area contributed by atoms with Gasteiger partial charge in [0.05, 0.1) is 5.52 Å². The van der Waals surface area contributed by atoms with Gasteiger partial charge in [-0.05, 0) is 12.1 Å². The van der Waals surface area contributed by atoms with Crippen LogP contribution in [0.4, 0.5) is 5.95 Å². The van der Waals surface area contributed by atoms with Crippen LogP contribution in [0.2, 0.25) is 0 Å². The quantitative estimate of drug-likeness (QED) is 0.680. The average molecular weight is 284 g/mol. The second kappa shape index (κ2) is 5.12. The van der Waals surface area contributed by atoms with E-state index in [0.717, 1.165) is 5.39 Å². The zero-order chi connectivity index (χ0) is 14.8. The largest absolute Gasteiger partial charge is 0.477 e. The molecule has 2 aromatic heterocycles. The number of aromatic amines is 1. The number of hydrogen-bond acceptors (Lipinski definition) is 5. The predicted octanol–water partition coefficient (Wildman–Crippen LogP) is 2.49. The van der Waals surface area contributed by atoms with Gasteiger partial charge in [0.1, 0.15) is 5.69 Å². The van der Waals surface area contributed by atoms with Crippen LogP contribution in [0.25, 0.3) is 10.9 Å². The van der Waals surface area contributed by atoms with E-state index in [1.807, 2.05) is 6.07 Å². The summed E-state index contributed by atoms with van der Waals surface area (Å²) in [7, 11) is 1.71. The molecule has 3 aromatic rings. The number of rotatable bonds is 4. The number of carboxylic acid groups (broad SMARTS) is 1. The molecule has 1 aromatic carbocycles. The molecule has 106 valence electrons. The van der Waals surface area contributed by atoms with Gasteiger partial charge in [-0.1, -0.05) is 12.1 Å². The molecule has 0 aliphatic heterocycles. The third kappa shape index (κ3) is 2.48. The third-order valence-electron chi connectivity index (χ3n) is 2.92. The fourth-order valence-electron chi connectivity index (χ4n) is 1.96. The van der Waals surface area contributed by atoms with Crippen molar-refractivity contribution in [1.29, 1.82) is 0 Å². The van der Waals surface area contributed by atoms with Crippen LogP contribution in [0, 0.1) is 0 Å². The lowest BCUT2D eigenvalue weighted by Crippen LogP contribution is -1.97. The molecule has 21 heavy (non-hydrogen) atoms. The van der Waals surface area contributed by atoms with Gasteiger partial charge >= 0.3 is 5.97 Å². The molecular formula is C14H12N4O3. The molecule has 3 N–H and O–H groups in total. The number of anilines is 1. The van der Waals surface area contributed by atoms with Gasteiger partial charge in [0, 0.05) is 24.7 Å². The van der Waals surface area contributed by atoms with Crippen molar-refractivity contribution in [2.24, 2.45) is 0 Å². The first kappa shape index (κ1) is 12.9. The van der Waals surface area contributed by atoms with Gasteiger partial charge in [-0.15, -0.1) is 0 Å². The Balaban J connectivity index is 2.01. The highest BCUT2D eigenvalue weighted by Crippen LogP contribution is 2.29. The molecule has 0 bridgehead atoms. The molecule has 0 spiro atoms. The van der Waals surface area contributed by atoms with Crippen molar-refractivity contribution in [1.82, 2.24) is 15.0 Å². The summed E-state index contributed by atoms with van der Waals surface area (Å²) in [5.41, 5.74) is 0.721. The Hall–Kier alpha value is -3.09. The number of fused-ring (bicyclic) bond motifs is 1. The van der Waals surface area contributed by atoms with E-state index < -0.39 is 5.97 Å². The van der Waals surface area contributed by atoms with Crippen molar-refractivity contribution in [2.45, 2.75) is 0 Å². The monoisotopic (exact) mass is 284 g/mol. The lowest BCUT2D eigenvalue weighted by molar-refractivity contribution is 0.0691. The van der Waals surface area contributed by atoms with Crippen LogP contribution in [0.3, 0.4) is 0 Å². The van der Waals surface area contributed by atoms with Gasteiger partial charge in [0.15, 0.2) is 5.75 Å². The van der Waals surface area contributed by atoms with E-state index >= 15 is 0 Å². The Morgan fingerprint density at radius 1 is 1.38 bits per heavy atom. The van der Waals surface area contributed by atoms with E-state index in [4.69, 9.17) is 9.84 Å².